The highest BCUT2D eigenvalue weighted by Crippen LogP contribution is 2.16. The normalized spacial score (nSPS) is 11.3. The lowest BCUT2D eigenvalue weighted by atomic mass is 10.2. The summed E-state index contributed by atoms with van der Waals surface area (Å²) < 4.78 is 35.9. The van der Waals surface area contributed by atoms with E-state index in [9.17, 15) is 12.8 Å². The first-order chi connectivity index (χ1) is 8.95. The highest BCUT2D eigenvalue weighted by atomic mass is 32.2. The molecule has 0 fully saturated rings. The van der Waals surface area contributed by atoms with E-state index in [4.69, 9.17) is 0 Å². The van der Waals surface area contributed by atoms with Gasteiger partial charge in [0, 0.05) is 18.5 Å². The SMILES string of the molecule is CS(=O)(=O)c1cccc(NCc2cccc(F)c2)c1. The van der Waals surface area contributed by atoms with Crippen LogP contribution in [0.25, 0.3) is 0 Å². The van der Waals surface area contributed by atoms with Gasteiger partial charge in [0.1, 0.15) is 5.82 Å². The summed E-state index contributed by atoms with van der Waals surface area (Å²) in [6.07, 6.45) is 1.17. The zero-order valence-corrected chi connectivity index (χ0v) is 11.2. The Hall–Kier alpha value is -1.88. The van der Waals surface area contributed by atoms with E-state index in [0.29, 0.717) is 12.2 Å². The lowest BCUT2D eigenvalue weighted by Crippen LogP contribution is -2.02. The molecule has 0 saturated heterocycles. The first-order valence-electron chi connectivity index (χ1n) is 5.73. The number of hydrogen-bond donors (Lipinski definition) is 1. The maximum atomic E-state index is 13.0. The van der Waals surface area contributed by atoms with Crippen molar-refractivity contribution in [2.45, 2.75) is 11.4 Å². The topological polar surface area (TPSA) is 46.2 Å². The van der Waals surface area contributed by atoms with Gasteiger partial charge in [0.15, 0.2) is 9.84 Å². The van der Waals surface area contributed by atoms with Crippen molar-refractivity contribution < 1.29 is 12.8 Å². The molecule has 0 spiro atoms. The lowest BCUT2D eigenvalue weighted by molar-refractivity contribution is 0.602. The summed E-state index contributed by atoms with van der Waals surface area (Å²) in [4.78, 5) is 0.261. The summed E-state index contributed by atoms with van der Waals surface area (Å²) >= 11 is 0. The second kappa shape index (κ2) is 5.40. The predicted molar refractivity (Wildman–Crippen MR) is 73.3 cm³/mol. The van der Waals surface area contributed by atoms with Gasteiger partial charge >= 0.3 is 0 Å². The summed E-state index contributed by atoms with van der Waals surface area (Å²) in [5.41, 5.74) is 1.48. The van der Waals surface area contributed by atoms with Gasteiger partial charge in [-0.15, -0.1) is 0 Å². The highest BCUT2D eigenvalue weighted by Gasteiger charge is 2.07. The minimum absolute atomic E-state index is 0.261. The minimum Gasteiger partial charge on any atom is -0.381 e. The molecule has 2 aromatic carbocycles. The third-order valence-electron chi connectivity index (χ3n) is 2.65. The predicted octanol–water partition coefficient (Wildman–Crippen LogP) is 2.84. The Morgan fingerprint density at radius 3 is 2.53 bits per heavy atom. The van der Waals surface area contributed by atoms with Gasteiger partial charge in [-0.1, -0.05) is 18.2 Å². The third-order valence-corrected chi connectivity index (χ3v) is 3.76. The van der Waals surface area contributed by atoms with Crippen molar-refractivity contribution in [3.8, 4) is 0 Å². The fraction of sp³-hybridized carbons (Fsp3) is 0.143. The lowest BCUT2D eigenvalue weighted by Gasteiger charge is -2.08. The van der Waals surface area contributed by atoms with Crippen molar-refractivity contribution >= 4 is 15.5 Å². The van der Waals surface area contributed by atoms with E-state index in [1.807, 2.05) is 0 Å². The average molecular weight is 279 g/mol. The van der Waals surface area contributed by atoms with Crippen LogP contribution in [0.3, 0.4) is 0 Å². The van der Waals surface area contributed by atoms with Crippen molar-refractivity contribution in [1.29, 1.82) is 0 Å². The number of sulfone groups is 1. The van der Waals surface area contributed by atoms with Gasteiger partial charge in [0.2, 0.25) is 0 Å². The molecular weight excluding hydrogens is 265 g/mol. The maximum Gasteiger partial charge on any atom is 0.175 e. The molecule has 0 bridgehead atoms. The average Bonchev–Trinajstić information content (AvgIpc) is 2.36. The summed E-state index contributed by atoms with van der Waals surface area (Å²) in [6.45, 7) is 0.435. The van der Waals surface area contributed by atoms with Gasteiger partial charge in [-0.25, -0.2) is 12.8 Å². The molecule has 0 heterocycles. The first kappa shape index (κ1) is 13.5. The molecule has 0 radical (unpaired) electrons. The molecule has 0 atom stereocenters. The largest absolute Gasteiger partial charge is 0.381 e. The number of anilines is 1. The molecule has 0 saturated carbocycles. The molecule has 3 nitrogen and oxygen atoms in total. The quantitative estimate of drug-likeness (QED) is 0.936. The van der Waals surface area contributed by atoms with Crippen LogP contribution in [0.5, 0.6) is 0 Å². The highest BCUT2D eigenvalue weighted by molar-refractivity contribution is 7.90. The van der Waals surface area contributed by atoms with Crippen LogP contribution in [0.15, 0.2) is 53.4 Å². The van der Waals surface area contributed by atoms with Gasteiger partial charge < -0.3 is 5.32 Å². The van der Waals surface area contributed by atoms with Crippen LogP contribution in [0.2, 0.25) is 0 Å². The van der Waals surface area contributed by atoms with Crippen LogP contribution < -0.4 is 5.32 Å². The Kier molecular flexibility index (Phi) is 3.85. The first-order valence-corrected chi connectivity index (χ1v) is 7.63. The number of halogens is 1. The smallest absolute Gasteiger partial charge is 0.175 e. The van der Waals surface area contributed by atoms with Crippen molar-refractivity contribution in [3.63, 3.8) is 0 Å². The Balaban J connectivity index is 2.12. The van der Waals surface area contributed by atoms with Crippen LogP contribution in [0.4, 0.5) is 10.1 Å². The van der Waals surface area contributed by atoms with E-state index in [0.717, 1.165) is 5.56 Å². The molecule has 19 heavy (non-hydrogen) atoms. The van der Waals surface area contributed by atoms with Crippen LogP contribution in [0, 0.1) is 5.82 Å². The molecule has 0 aliphatic carbocycles. The molecule has 0 unspecified atom stereocenters. The molecule has 5 heteroatoms. The van der Waals surface area contributed by atoms with E-state index in [-0.39, 0.29) is 10.7 Å². The summed E-state index contributed by atoms with van der Waals surface area (Å²) in [6, 6.07) is 12.8. The number of rotatable bonds is 4. The Labute approximate surface area is 112 Å². The summed E-state index contributed by atoms with van der Waals surface area (Å²) in [5, 5.41) is 3.07. The molecule has 0 aromatic heterocycles. The van der Waals surface area contributed by atoms with Crippen LogP contribution >= 0.6 is 0 Å². The Morgan fingerprint density at radius 1 is 1.11 bits per heavy atom. The molecular formula is C14H14FNO2S. The van der Waals surface area contributed by atoms with Crippen LogP contribution in [-0.2, 0) is 16.4 Å². The van der Waals surface area contributed by atoms with Gasteiger partial charge in [-0.3, -0.25) is 0 Å². The maximum absolute atomic E-state index is 13.0. The third kappa shape index (κ3) is 3.79. The van der Waals surface area contributed by atoms with Gasteiger partial charge in [-0.2, -0.15) is 0 Å². The Morgan fingerprint density at radius 2 is 1.84 bits per heavy atom. The van der Waals surface area contributed by atoms with Crippen LogP contribution in [-0.4, -0.2) is 14.7 Å². The van der Waals surface area contributed by atoms with Crippen molar-refractivity contribution in [2.24, 2.45) is 0 Å². The molecule has 0 aliphatic heterocycles. The number of hydrogen-bond acceptors (Lipinski definition) is 3. The fourth-order valence-electron chi connectivity index (χ4n) is 1.69. The number of benzene rings is 2. The van der Waals surface area contributed by atoms with E-state index in [2.05, 4.69) is 5.32 Å². The van der Waals surface area contributed by atoms with E-state index < -0.39 is 9.84 Å². The summed E-state index contributed by atoms with van der Waals surface area (Å²) in [5.74, 6) is -0.288. The molecule has 0 amide bonds. The zero-order valence-electron chi connectivity index (χ0n) is 10.4. The molecule has 2 aromatic rings. The zero-order chi connectivity index (χ0) is 13.9. The molecule has 1 N–H and O–H groups in total. The second-order valence-electron chi connectivity index (χ2n) is 4.28. The fourth-order valence-corrected chi connectivity index (χ4v) is 2.35. The van der Waals surface area contributed by atoms with E-state index in [1.165, 1.54) is 18.4 Å². The van der Waals surface area contributed by atoms with Gasteiger partial charge in [-0.05, 0) is 35.9 Å². The van der Waals surface area contributed by atoms with E-state index in [1.54, 1.807) is 36.4 Å². The standard InChI is InChI=1S/C14H14FNO2S/c1-19(17,18)14-7-3-6-13(9-14)16-10-11-4-2-5-12(15)8-11/h2-9,16H,10H2,1H3. The van der Waals surface area contributed by atoms with E-state index >= 15 is 0 Å². The molecule has 0 aliphatic rings. The van der Waals surface area contributed by atoms with Crippen molar-refractivity contribution in [2.75, 3.05) is 11.6 Å². The minimum atomic E-state index is -3.21. The van der Waals surface area contributed by atoms with Crippen molar-refractivity contribution in [3.05, 3.63) is 59.9 Å². The summed E-state index contributed by atoms with van der Waals surface area (Å²) in [7, 11) is -3.21. The van der Waals surface area contributed by atoms with Gasteiger partial charge in [0.25, 0.3) is 0 Å². The molecule has 2 rings (SSSR count). The second-order valence-corrected chi connectivity index (χ2v) is 6.30. The van der Waals surface area contributed by atoms with Gasteiger partial charge in [0.05, 0.1) is 4.90 Å². The Bertz CT molecular complexity index is 683. The monoisotopic (exact) mass is 279 g/mol. The molecule has 100 valence electrons. The number of nitrogens with one attached hydrogen (secondary N) is 1. The van der Waals surface area contributed by atoms with Crippen LogP contribution in [0.1, 0.15) is 5.56 Å². The van der Waals surface area contributed by atoms with Crippen molar-refractivity contribution in [1.82, 2.24) is 0 Å².